The van der Waals surface area contributed by atoms with E-state index >= 15 is 0 Å². The van der Waals surface area contributed by atoms with Gasteiger partial charge in [0.1, 0.15) is 17.2 Å². The van der Waals surface area contributed by atoms with Crippen LogP contribution in [0, 0.1) is 0 Å². The Balaban J connectivity index is 1.77. The highest BCUT2D eigenvalue weighted by Gasteiger charge is 2.16. The minimum absolute atomic E-state index is 0.279. The number of aryl methyl sites for hydroxylation is 1. The Kier molecular flexibility index (Phi) is 6.23. The Morgan fingerprint density at radius 3 is 2.93 bits per heavy atom. The highest BCUT2D eigenvalue weighted by atomic mass is 16.5. The number of nitrogens with zero attached hydrogens (tertiary/aromatic N) is 3. The van der Waals surface area contributed by atoms with Crippen molar-refractivity contribution >= 4 is 17.8 Å². The fourth-order valence-electron chi connectivity index (χ4n) is 2.74. The number of benzene rings is 1. The van der Waals surface area contributed by atoms with Crippen molar-refractivity contribution in [2.45, 2.75) is 13.2 Å². The number of carbonyl (C=O) groups is 1. The first-order valence-electron chi connectivity index (χ1n) is 8.65. The molecule has 8 heteroatoms. The van der Waals surface area contributed by atoms with Crippen LogP contribution in [0.4, 0.5) is 5.69 Å². The van der Waals surface area contributed by atoms with Crippen molar-refractivity contribution in [3.05, 3.63) is 65.4 Å². The van der Waals surface area contributed by atoms with Crippen LogP contribution in [-0.2, 0) is 24.9 Å². The van der Waals surface area contributed by atoms with Crippen LogP contribution < -0.4 is 10.1 Å². The molecule has 0 saturated carbocycles. The third-order valence-corrected chi connectivity index (χ3v) is 4.09. The molecule has 3 aromatic rings. The second kappa shape index (κ2) is 9.01. The summed E-state index contributed by atoms with van der Waals surface area (Å²) < 4.78 is 17.3. The van der Waals surface area contributed by atoms with Crippen LogP contribution in [0.3, 0.4) is 0 Å². The van der Waals surface area contributed by atoms with Crippen molar-refractivity contribution in [2.75, 3.05) is 14.2 Å². The molecule has 8 nitrogen and oxygen atoms in total. The van der Waals surface area contributed by atoms with Gasteiger partial charge in [-0.3, -0.25) is 14.5 Å². The number of nitrogens with one attached hydrogen (secondary N) is 1. The summed E-state index contributed by atoms with van der Waals surface area (Å²) in [4.78, 5) is 17.0. The maximum Gasteiger partial charge on any atom is 0.272 e. The molecular weight excluding hydrogens is 360 g/mol. The van der Waals surface area contributed by atoms with Gasteiger partial charge in [0.15, 0.2) is 5.69 Å². The maximum absolute atomic E-state index is 12.6. The fourth-order valence-corrected chi connectivity index (χ4v) is 2.74. The molecule has 146 valence electrons. The van der Waals surface area contributed by atoms with Crippen molar-refractivity contribution in [1.29, 1.82) is 0 Å². The lowest BCUT2D eigenvalue weighted by atomic mass is 10.1. The molecule has 0 aliphatic heterocycles. The summed E-state index contributed by atoms with van der Waals surface area (Å²) in [6.45, 7) is 0.719. The highest BCUT2D eigenvalue weighted by molar-refractivity contribution is 5.98. The van der Waals surface area contributed by atoms with Crippen LogP contribution in [0.5, 0.6) is 5.75 Å². The fraction of sp³-hybridized carbons (Fsp3) is 0.250. The van der Waals surface area contributed by atoms with Gasteiger partial charge in [-0.2, -0.15) is 5.10 Å². The number of carbonyl (C=O) groups excluding carboxylic acids is 1. The third-order valence-electron chi connectivity index (χ3n) is 4.09. The number of hydrogen-bond acceptors (Lipinski definition) is 6. The highest BCUT2D eigenvalue weighted by Crippen LogP contribution is 2.22. The molecule has 28 heavy (non-hydrogen) atoms. The average molecular weight is 382 g/mol. The minimum Gasteiger partial charge on any atom is -0.496 e. The molecular formula is C20H22N4O4. The van der Waals surface area contributed by atoms with E-state index in [1.54, 1.807) is 52.1 Å². The number of rotatable bonds is 8. The number of ether oxygens (including phenoxy) is 2. The summed E-state index contributed by atoms with van der Waals surface area (Å²) in [7, 11) is 4.94. The standard InChI is InChI=1S/C20H22N4O4/c1-24-19(20(25)22-11-16-5-4-8-28-16)17(12-23-24)21-10-14-6-7-18(27-3)15(9-14)13-26-2/h4-10,12H,11,13H2,1-3H3,(H,22,25). The van der Waals surface area contributed by atoms with Crippen LogP contribution in [0.15, 0.2) is 52.2 Å². The zero-order valence-electron chi connectivity index (χ0n) is 16.0. The molecule has 0 aliphatic carbocycles. The Morgan fingerprint density at radius 1 is 1.36 bits per heavy atom. The second-order valence-corrected chi connectivity index (χ2v) is 6.03. The second-order valence-electron chi connectivity index (χ2n) is 6.03. The molecule has 0 unspecified atom stereocenters. The summed E-state index contributed by atoms with van der Waals surface area (Å²) in [6.07, 6.45) is 4.80. The number of amides is 1. The lowest BCUT2D eigenvalue weighted by Gasteiger charge is -2.08. The minimum atomic E-state index is -0.279. The molecule has 2 aromatic heterocycles. The SMILES string of the molecule is COCc1cc(C=Nc2cnn(C)c2C(=O)NCc2ccco2)ccc1OC. The van der Waals surface area contributed by atoms with Crippen LogP contribution in [0.1, 0.15) is 27.4 Å². The van der Waals surface area contributed by atoms with Crippen molar-refractivity contribution in [3.63, 3.8) is 0 Å². The van der Waals surface area contributed by atoms with Crippen LogP contribution in [0.2, 0.25) is 0 Å². The number of hydrogen-bond donors (Lipinski definition) is 1. The van der Waals surface area contributed by atoms with Gasteiger partial charge in [-0.25, -0.2) is 0 Å². The smallest absolute Gasteiger partial charge is 0.272 e. The van der Waals surface area contributed by atoms with E-state index in [0.29, 0.717) is 30.3 Å². The normalized spacial score (nSPS) is 11.1. The molecule has 2 heterocycles. The van der Waals surface area contributed by atoms with Gasteiger partial charge < -0.3 is 19.2 Å². The van der Waals surface area contributed by atoms with Crippen LogP contribution >= 0.6 is 0 Å². The summed E-state index contributed by atoms with van der Waals surface area (Å²) >= 11 is 0. The van der Waals surface area contributed by atoms with E-state index in [1.165, 1.54) is 4.68 Å². The van der Waals surface area contributed by atoms with Crippen molar-refractivity contribution < 1.29 is 18.7 Å². The first-order valence-corrected chi connectivity index (χ1v) is 8.65. The quantitative estimate of drug-likeness (QED) is 0.605. The van der Waals surface area contributed by atoms with Crippen molar-refractivity contribution in [1.82, 2.24) is 15.1 Å². The number of aromatic nitrogens is 2. The Hall–Kier alpha value is -3.39. The van der Waals surface area contributed by atoms with Gasteiger partial charge in [0, 0.05) is 25.9 Å². The van der Waals surface area contributed by atoms with Gasteiger partial charge in [-0.1, -0.05) is 0 Å². The Morgan fingerprint density at radius 2 is 2.21 bits per heavy atom. The Bertz CT molecular complexity index is 961. The van der Waals surface area contributed by atoms with Gasteiger partial charge in [-0.05, 0) is 35.9 Å². The van der Waals surface area contributed by atoms with Crippen molar-refractivity contribution in [3.8, 4) is 5.75 Å². The zero-order valence-corrected chi connectivity index (χ0v) is 16.0. The number of methoxy groups -OCH3 is 2. The van der Waals surface area contributed by atoms with Gasteiger partial charge in [0.25, 0.3) is 5.91 Å². The molecule has 1 N–H and O–H groups in total. The summed E-state index contributed by atoms with van der Waals surface area (Å²) in [5, 5.41) is 6.96. The molecule has 0 aliphatic rings. The molecule has 0 saturated heterocycles. The predicted octanol–water partition coefficient (Wildman–Crippen LogP) is 2.85. The summed E-state index contributed by atoms with van der Waals surface area (Å²) in [6, 6.07) is 9.24. The molecule has 0 atom stereocenters. The van der Waals surface area contributed by atoms with Gasteiger partial charge in [-0.15, -0.1) is 0 Å². The largest absolute Gasteiger partial charge is 0.496 e. The molecule has 0 bridgehead atoms. The van der Waals surface area contributed by atoms with Gasteiger partial charge in [0.05, 0.1) is 32.7 Å². The molecule has 1 aromatic carbocycles. The van der Waals surface area contributed by atoms with E-state index in [-0.39, 0.29) is 5.91 Å². The number of aliphatic imine (C=N–C) groups is 1. The van der Waals surface area contributed by atoms with Crippen LogP contribution in [-0.4, -0.2) is 36.1 Å². The van der Waals surface area contributed by atoms with E-state index < -0.39 is 0 Å². The van der Waals surface area contributed by atoms with E-state index in [9.17, 15) is 4.79 Å². The molecule has 3 rings (SSSR count). The average Bonchev–Trinajstić information content (AvgIpc) is 3.34. The monoisotopic (exact) mass is 382 g/mol. The van der Waals surface area contributed by atoms with Crippen LogP contribution in [0.25, 0.3) is 0 Å². The predicted molar refractivity (Wildman–Crippen MR) is 104 cm³/mol. The van der Waals surface area contributed by atoms with E-state index in [1.807, 2.05) is 18.2 Å². The lowest BCUT2D eigenvalue weighted by Crippen LogP contribution is -2.25. The Labute approximate surface area is 162 Å². The summed E-state index contributed by atoms with van der Waals surface area (Å²) in [5.41, 5.74) is 2.62. The van der Waals surface area contributed by atoms with Gasteiger partial charge >= 0.3 is 0 Å². The maximum atomic E-state index is 12.6. The third kappa shape index (κ3) is 4.47. The first-order chi connectivity index (χ1) is 13.6. The van der Waals surface area contributed by atoms with E-state index in [2.05, 4.69) is 15.4 Å². The molecule has 1 amide bonds. The summed E-state index contributed by atoms with van der Waals surface area (Å²) in [5.74, 6) is 1.14. The lowest BCUT2D eigenvalue weighted by molar-refractivity contribution is 0.0939. The topological polar surface area (TPSA) is 90.9 Å². The van der Waals surface area contributed by atoms with E-state index in [0.717, 1.165) is 16.9 Å². The molecule has 0 fully saturated rings. The molecule has 0 spiro atoms. The molecule has 0 radical (unpaired) electrons. The first kappa shape index (κ1) is 19.4. The van der Waals surface area contributed by atoms with Crippen molar-refractivity contribution in [2.24, 2.45) is 12.0 Å². The zero-order chi connectivity index (χ0) is 19.9. The number of furan rings is 1. The van der Waals surface area contributed by atoms with E-state index in [4.69, 9.17) is 13.9 Å². The van der Waals surface area contributed by atoms with Gasteiger partial charge in [0.2, 0.25) is 0 Å².